The Balaban J connectivity index is 0.00000192. The molecule has 1 N–H and O–H groups in total. The number of carbonyl (C=O) groups excluding carboxylic acids is 1. The van der Waals surface area contributed by atoms with Crippen molar-refractivity contribution in [2.24, 2.45) is 0 Å². The lowest BCUT2D eigenvalue weighted by Gasteiger charge is -2.24. The third-order valence-electron chi connectivity index (χ3n) is 3.94. The van der Waals surface area contributed by atoms with E-state index in [-0.39, 0.29) is 18.3 Å². The van der Waals surface area contributed by atoms with Crippen LogP contribution in [0.25, 0.3) is 11.4 Å². The lowest BCUT2D eigenvalue weighted by Crippen LogP contribution is -2.40. The van der Waals surface area contributed by atoms with Crippen molar-refractivity contribution in [1.82, 2.24) is 20.4 Å². The summed E-state index contributed by atoms with van der Waals surface area (Å²) in [6, 6.07) is 2.08. The lowest BCUT2D eigenvalue weighted by atomic mass is 10.2. The highest BCUT2D eigenvalue weighted by atomic mass is 35.5. The first-order valence-corrected chi connectivity index (χ1v) is 7.57. The second-order valence-corrected chi connectivity index (χ2v) is 5.46. The number of hydrogen-bond acceptors (Lipinski definition) is 6. The van der Waals surface area contributed by atoms with E-state index in [1.165, 1.54) is 0 Å². The monoisotopic (exact) mass is 340 g/mol. The van der Waals surface area contributed by atoms with Crippen LogP contribution in [0.4, 0.5) is 0 Å². The van der Waals surface area contributed by atoms with E-state index in [1.807, 2.05) is 11.9 Å². The first-order valence-electron chi connectivity index (χ1n) is 7.57. The molecular weight excluding hydrogens is 320 g/mol. The maximum absolute atomic E-state index is 12.3. The molecule has 2 aromatic rings. The van der Waals surface area contributed by atoms with E-state index >= 15 is 0 Å². The van der Waals surface area contributed by atoms with Gasteiger partial charge in [-0.3, -0.25) is 4.79 Å². The molecule has 1 saturated heterocycles. The molecule has 0 spiro atoms. The Labute approximate surface area is 140 Å². The van der Waals surface area contributed by atoms with Gasteiger partial charge < -0.3 is 19.2 Å². The number of aryl methyl sites for hydroxylation is 1. The SMILES string of the molecule is CNCC1CCCN1C(=O)CCc1nc(-c2ccoc2)no1.Cl. The van der Waals surface area contributed by atoms with E-state index in [4.69, 9.17) is 8.94 Å². The summed E-state index contributed by atoms with van der Waals surface area (Å²) in [7, 11) is 1.91. The zero-order chi connectivity index (χ0) is 15.4. The minimum absolute atomic E-state index is 0. The Bertz CT molecular complexity index is 614. The summed E-state index contributed by atoms with van der Waals surface area (Å²) >= 11 is 0. The molecule has 8 heteroatoms. The molecule has 0 bridgehead atoms. The number of nitrogens with one attached hydrogen (secondary N) is 1. The molecular formula is C15H21ClN4O3. The molecule has 0 radical (unpaired) electrons. The zero-order valence-electron chi connectivity index (χ0n) is 13.0. The van der Waals surface area contributed by atoms with Gasteiger partial charge in [0, 0.05) is 32.0 Å². The summed E-state index contributed by atoms with van der Waals surface area (Å²) in [6.45, 7) is 1.69. The molecule has 126 valence electrons. The number of amides is 1. The van der Waals surface area contributed by atoms with Crippen LogP contribution in [0.1, 0.15) is 25.2 Å². The van der Waals surface area contributed by atoms with Crippen molar-refractivity contribution in [2.75, 3.05) is 20.1 Å². The third-order valence-corrected chi connectivity index (χ3v) is 3.94. The quantitative estimate of drug-likeness (QED) is 0.864. The van der Waals surface area contributed by atoms with Gasteiger partial charge in [-0.25, -0.2) is 0 Å². The summed E-state index contributed by atoms with van der Waals surface area (Å²) in [6.07, 6.45) is 6.12. The van der Waals surface area contributed by atoms with Gasteiger partial charge in [-0.1, -0.05) is 5.16 Å². The van der Waals surface area contributed by atoms with Crippen molar-refractivity contribution in [3.8, 4) is 11.4 Å². The number of halogens is 1. The number of likely N-dealkylation sites (N-methyl/N-ethyl adjacent to an activating group) is 1. The van der Waals surface area contributed by atoms with Gasteiger partial charge in [0.05, 0.1) is 11.8 Å². The highest BCUT2D eigenvalue weighted by molar-refractivity contribution is 5.85. The predicted octanol–water partition coefficient (Wildman–Crippen LogP) is 1.89. The molecule has 1 atom stereocenters. The maximum Gasteiger partial charge on any atom is 0.227 e. The van der Waals surface area contributed by atoms with Crippen LogP contribution >= 0.6 is 12.4 Å². The number of hydrogen-bond donors (Lipinski definition) is 1. The first kappa shape index (κ1) is 17.5. The normalized spacial score (nSPS) is 17.3. The summed E-state index contributed by atoms with van der Waals surface area (Å²) in [5, 5.41) is 7.04. The molecule has 3 rings (SSSR count). The molecule has 23 heavy (non-hydrogen) atoms. The average Bonchev–Trinajstić information content (AvgIpc) is 3.25. The van der Waals surface area contributed by atoms with Gasteiger partial charge >= 0.3 is 0 Å². The van der Waals surface area contributed by atoms with Gasteiger partial charge in [0.1, 0.15) is 6.26 Å². The summed E-state index contributed by atoms with van der Waals surface area (Å²) < 4.78 is 10.2. The standard InChI is InChI=1S/C15H20N4O3.ClH/c1-16-9-12-3-2-7-19(12)14(20)5-4-13-17-15(18-22-13)11-6-8-21-10-11;/h6,8,10,12,16H,2-5,7,9H2,1H3;1H. The van der Waals surface area contributed by atoms with Gasteiger partial charge in [-0.2, -0.15) is 4.98 Å². The number of likely N-dealkylation sites (tertiary alicyclic amines) is 1. The fourth-order valence-corrected chi connectivity index (χ4v) is 2.83. The van der Waals surface area contributed by atoms with Gasteiger partial charge in [0.25, 0.3) is 0 Å². The van der Waals surface area contributed by atoms with Crippen LogP contribution in [-0.4, -0.2) is 47.1 Å². The van der Waals surface area contributed by atoms with E-state index in [0.29, 0.717) is 30.6 Å². The molecule has 1 unspecified atom stereocenters. The van der Waals surface area contributed by atoms with E-state index in [1.54, 1.807) is 18.6 Å². The van der Waals surface area contributed by atoms with Crippen LogP contribution in [-0.2, 0) is 11.2 Å². The van der Waals surface area contributed by atoms with E-state index in [0.717, 1.165) is 31.5 Å². The minimum Gasteiger partial charge on any atom is -0.472 e. The van der Waals surface area contributed by atoms with Crippen LogP contribution in [0.3, 0.4) is 0 Å². The molecule has 1 aliphatic rings. The van der Waals surface area contributed by atoms with Crippen LogP contribution < -0.4 is 5.32 Å². The Morgan fingerprint density at radius 2 is 2.39 bits per heavy atom. The average molecular weight is 341 g/mol. The highest BCUT2D eigenvalue weighted by Gasteiger charge is 2.27. The molecule has 1 aliphatic heterocycles. The van der Waals surface area contributed by atoms with Crippen molar-refractivity contribution in [3.05, 3.63) is 24.5 Å². The highest BCUT2D eigenvalue weighted by Crippen LogP contribution is 2.19. The van der Waals surface area contributed by atoms with Crippen molar-refractivity contribution in [3.63, 3.8) is 0 Å². The van der Waals surface area contributed by atoms with Crippen molar-refractivity contribution >= 4 is 18.3 Å². The van der Waals surface area contributed by atoms with Crippen molar-refractivity contribution in [2.45, 2.75) is 31.7 Å². The molecule has 0 aliphatic carbocycles. The van der Waals surface area contributed by atoms with Crippen LogP contribution in [0.15, 0.2) is 27.5 Å². The Kier molecular flexibility index (Phi) is 6.18. The van der Waals surface area contributed by atoms with E-state index in [2.05, 4.69) is 15.5 Å². The number of nitrogens with zero attached hydrogens (tertiary/aromatic N) is 3. The zero-order valence-corrected chi connectivity index (χ0v) is 13.8. The number of aromatic nitrogens is 2. The Morgan fingerprint density at radius 3 is 3.13 bits per heavy atom. The fraction of sp³-hybridized carbons (Fsp3) is 0.533. The Hall–Kier alpha value is -1.86. The number of furan rings is 1. The number of rotatable bonds is 6. The van der Waals surface area contributed by atoms with Crippen LogP contribution in [0.2, 0.25) is 0 Å². The second kappa shape index (κ2) is 8.12. The van der Waals surface area contributed by atoms with Gasteiger partial charge in [0.15, 0.2) is 0 Å². The molecule has 7 nitrogen and oxygen atoms in total. The number of carbonyl (C=O) groups is 1. The van der Waals surface area contributed by atoms with Crippen molar-refractivity contribution < 1.29 is 13.7 Å². The predicted molar refractivity (Wildman–Crippen MR) is 86.2 cm³/mol. The van der Waals surface area contributed by atoms with Crippen molar-refractivity contribution in [1.29, 1.82) is 0 Å². The smallest absolute Gasteiger partial charge is 0.227 e. The topological polar surface area (TPSA) is 84.4 Å². The summed E-state index contributed by atoms with van der Waals surface area (Å²) in [5.74, 6) is 1.13. The van der Waals surface area contributed by atoms with Gasteiger partial charge in [0.2, 0.25) is 17.6 Å². The molecule has 0 aromatic carbocycles. The van der Waals surface area contributed by atoms with E-state index < -0.39 is 0 Å². The third kappa shape index (κ3) is 4.11. The summed E-state index contributed by atoms with van der Waals surface area (Å²) in [4.78, 5) is 18.6. The molecule has 1 fully saturated rings. The largest absolute Gasteiger partial charge is 0.472 e. The summed E-state index contributed by atoms with van der Waals surface area (Å²) in [5.41, 5.74) is 0.773. The maximum atomic E-state index is 12.3. The molecule has 2 aromatic heterocycles. The Morgan fingerprint density at radius 1 is 1.52 bits per heavy atom. The first-order chi connectivity index (χ1) is 10.8. The molecule has 3 heterocycles. The second-order valence-electron chi connectivity index (χ2n) is 5.46. The lowest BCUT2D eigenvalue weighted by molar-refractivity contribution is -0.132. The molecule has 0 saturated carbocycles. The van der Waals surface area contributed by atoms with E-state index in [9.17, 15) is 4.79 Å². The molecule has 1 amide bonds. The van der Waals surface area contributed by atoms with Crippen LogP contribution in [0.5, 0.6) is 0 Å². The van der Waals surface area contributed by atoms with Crippen LogP contribution in [0, 0.1) is 0 Å². The minimum atomic E-state index is 0. The van der Waals surface area contributed by atoms with Gasteiger partial charge in [-0.05, 0) is 26.0 Å². The fourth-order valence-electron chi connectivity index (χ4n) is 2.83. The van der Waals surface area contributed by atoms with Gasteiger partial charge in [-0.15, -0.1) is 12.4 Å².